The van der Waals surface area contributed by atoms with Crippen molar-refractivity contribution in [3.63, 3.8) is 0 Å². The summed E-state index contributed by atoms with van der Waals surface area (Å²) in [5, 5.41) is 24.1. The van der Waals surface area contributed by atoms with Gasteiger partial charge in [-0.25, -0.2) is 4.98 Å². The Kier molecular flexibility index (Phi) is 4.53. The number of aryl methyl sites for hydroxylation is 2. The number of nitro benzene ring substituents is 1. The third-order valence-corrected chi connectivity index (χ3v) is 5.08. The molecule has 3 rings (SSSR count). The first kappa shape index (κ1) is 15.4. The maximum atomic E-state index is 11.1. The van der Waals surface area contributed by atoms with Crippen LogP contribution in [0.15, 0.2) is 18.2 Å². The van der Waals surface area contributed by atoms with Crippen molar-refractivity contribution in [1.82, 2.24) is 4.98 Å². The largest absolute Gasteiger partial charge is 0.379 e. The van der Waals surface area contributed by atoms with Crippen LogP contribution in [0.1, 0.15) is 34.0 Å². The molecule has 2 aromatic rings. The standard InChI is InChI=1S/C16H16N4O2S/c17-10-11-5-6-12(14(9-11)20(21)22)18-8-7-16-19-13-3-1-2-4-15(13)23-16/h5-6,9,18H,1-4,7-8H2. The van der Waals surface area contributed by atoms with E-state index >= 15 is 0 Å². The molecule has 1 aromatic carbocycles. The Bertz CT molecular complexity index is 755. The number of thiazole rings is 1. The summed E-state index contributed by atoms with van der Waals surface area (Å²) in [6, 6.07) is 6.38. The second kappa shape index (κ2) is 6.75. The first-order chi connectivity index (χ1) is 11.2. The van der Waals surface area contributed by atoms with E-state index in [0.29, 0.717) is 12.2 Å². The Morgan fingerprint density at radius 3 is 2.96 bits per heavy atom. The van der Waals surface area contributed by atoms with Gasteiger partial charge in [-0.15, -0.1) is 11.3 Å². The van der Waals surface area contributed by atoms with Gasteiger partial charge in [0.1, 0.15) is 5.69 Å². The van der Waals surface area contributed by atoms with Gasteiger partial charge in [0, 0.05) is 23.9 Å². The summed E-state index contributed by atoms with van der Waals surface area (Å²) in [4.78, 5) is 16.7. The average molecular weight is 328 g/mol. The van der Waals surface area contributed by atoms with Crippen LogP contribution < -0.4 is 5.32 Å². The van der Waals surface area contributed by atoms with Crippen LogP contribution in [-0.4, -0.2) is 16.5 Å². The number of hydrogen-bond acceptors (Lipinski definition) is 6. The van der Waals surface area contributed by atoms with E-state index in [4.69, 9.17) is 5.26 Å². The molecular formula is C16H16N4O2S. The number of rotatable bonds is 5. The average Bonchev–Trinajstić information content (AvgIpc) is 2.97. The van der Waals surface area contributed by atoms with Crippen molar-refractivity contribution in [2.24, 2.45) is 0 Å². The highest BCUT2D eigenvalue weighted by Crippen LogP contribution is 2.28. The molecule has 0 atom stereocenters. The molecule has 23 heavy (non-hydrogen) atoms. The number of hydrogen-bond donors (Lipinski definition) is 1. The Morgan fingerprint density at radius 1 is 1.39 bits per heavy atom. The molecule has 1 aliphatic rings. The molecule has 0 amide bonds. The lowest BCUT2D eigenvalue weighted by molar-refractivity contribution is -0.384. The highest BCUT2D eigenvalue weighted by molar-refractivity contribution is 7.11. The van der Waals surface area contributed by atoms with Crippen molar-refractivity contribution < 1.29 is 4.92 Å². The quantitative estimate of drug-likeness (QED) is 0.670. The Morgan fingerprint density at radius 2 is 2.22 bits per heavy atom. The Balaban J connectivity index is 1.65. The van der Waals surface area contributed by atoms with Crippen molar-refractivity contribution >= 4 is 22.7 Å². The van der Waals surface area contributed by atoms with E-state index in [1.54, 1.807) is 23.5 Å². The molecule has 1 N–H and O–H groups in total. The second-order valence-electron chi connectivity index (χ2n) is 5.46. The predicted molar refractivity (Wildman–Crippen MR) is 88.8 cm³/mol. The van der Waals surface area contributed by atoms with Gasteiger partial charge in [0.25, 0.3) is 5.69 Å². The zero-order valence-corrected chi connectivity index (χ0v) is 13.4. The first-order valence-electron chi connectivity index (χ1n) is 7.57. The van der Waals surface area contributed by atoms with Gasteiger partial charge < -0.3 is 5.32 Å². The van der Waals surface area contributed by atoms with E-state index < -0.39 is 4.92 Å². The topological polar surface area (TPSA) is 91.8 Å². The minimum atomic E-state index is -0.467. The van der Waals surface area contributed by atoms with E-state index in [1.165, 1.54) is 29.5 Å². The van der Waals surface area contributed by atoms with E-state index in [1.807, 2.05) is 6.07 Å². The van der Waals surface area contributed by atoms with E-state index in [9.17, 15) is 10.1 Å². The van der Waals surface area contributed by atoms with Crippen LogP contribution in [0.2, 0.25) is 0 Å². The molecule has 118 valence electrons. The highest BCUT2D eigenvalue weighted by atomic mass is 32.1. The van der Waals surface area contributed by atoms with Crippen LogP contribution in [0.4, 0.5) is 11.4 Å². The first-order valence-corrected chi connectivity index (χ1v) is 8.39. The van der Waals surface area contributed by atoms with Crippen molar-refractivity contribution in [3.8, 4) is 6.07 Å². The summed E-state index contributed by atoms with van der Waals surface area (Å²) in [5.41, 5.74) is 1.90. The smallest absolute Gasteiger partial charge is 0.293 e. The number of nitrogens with zero attached hydrogens (tertiary/aromatic N) is 3. The minimum absolute atomic E-state index is 0.0671. The SMILES string of the molecule is N#Cc1ccc(NCCc2nc3c(s2)CCCC3)c([N+](=O)[O-])c1. The lowest BCUT2D eigenvalue weighted by atomic mass is 10.0. The van der Waals surface area contributed by atoms with Crippen LogP contribution in [0, 0.1) is 21.4 Å². The fraction of sp³-hybridized carbons (Fsp3) is 0.375. The molecule has 0 spiro atoms. The van der Waals surface area contributed by atoms with Crippen LogP contribution in [0.5, 0.6) is 0 Å². The lowest BCUT2D eigenvalue weighted by Crippen LogP contribution is -2.07. The number of anilines is 1. The van der Waals surface area contributed by atoms with Crippen molar-refractivity contribution in [2.75, 3.05) is 11.9 Å². The zero-order chi connectivity index (χ0) is 16.2. The number of nitrogens with one attached hydrogen (secondary N) is 1. The van der Waals surface area contributed by atoms with E-state index in [2.05, 4.69) is 10.3 Å². The fourth-order valence-corrected chi connectivity index (χ4v) is 3.87. The monoisotopic (exact) mass is 328 g/mol. The predicted octanol–water partition coefficient (Wildman–Crippen LogP) is 3.46. The van der Waals surface area contributed by atoms with E-state index in [-0.39, 0.29) is 11.3 Å². The minimum Gasteiger partial charge on any atom is -0.379 e. The maximum absolute atomic E-state index is 11.1. The van der Waals surface area contributed by atoms with Gasteiger partial charge in [0.15, 0.2) is 0 Å². The van der Waals surface area contributed by atoms with Crippen molar-refractivity contribution in [1.29, 1.82) is 5.26 Å². The number of nitriles is 1. The fourth-order valence-electron chi connectivity index (χ4n) is 2.72. The molecule has 1 heterocycles. The summed E-state index contributed by atoms with van der Waals surface area (Å²) < 4.78 is 0. The van der Waals surface area contributed by atoms with Crippen LogP contribution in [0.3, 0.4) is 0 Å². The third-order valence-electron chi connectivity index (χ3n) is 3.87. The Hall–Kier alpha value is -2.46. The zero-order valence-electron chi connectivity index (χ0n) is 12.5. The van der Waals surface area contributed by atoms with Crippen molar-refractivity contribution in [3.05, 3.63) is 49.5 Å². The van der Waals surface area contributed by atoms with Crippen LogP contribution >= 0.6 is 11.3 Å². The molecule has 0 radical (unpaired) electrons. The summed E-state index contributed by atoms with van der Waals surface area (Å²) in [7, 11) is 0. The van der Waals surface area contributed by atoms with Gasteiger partial charge in [-0.3, -0.25) is 10.1 Å². The summed E-state index contributed by atoms with van der Waals surface area (Å²) in [6.07, 6.45) is 5.40. The molecular weight excluding hydrogens is 312 g/mol. The summed E-state index contributed by atoms with van der Waals surface area (Å²) in [6.45, 7) is 0.582. The molecule has 6 nitrogen and oxygen atoms in total. The number of nitro groups is 1. The molecule has 0 fully saturated rings. The van der Waals surface area contributed by atoms with Gasteiger partial charge in [0.2, 0.25) is 0 Å². The van der Waals surface area contributed by atoms with Gasteiger partial charge in [-0.2, -0.15) is 5.26 Å². The second-order valence-corrected chi connectivity index (χ2v) is 6.63. The number of fused-ring (bicyclic) bond motifs is 1. The molecule has 0 saturated carbocycles. The van der Waals surface area contributed by atoms with Gasteiger partial charge in [-0.05, 0) is 37.8 Å². The maximum Gasteiger partial charge on any atom is 0.293 e. The molecule has 0 saturated heterocycles. The van der Waals surface area contributed by atoms with Crippen LogP contribution in [0.25, 0.3) is 0 Å². The molecule has 0 unspecified atom stereocenters. The van der Waals surface area contributed by atoms with Crippen molar-refractivity contribution in [2.45, 2.75) is 32.1 Å². The highest BCUT2D eigenvalue weighted by Gasteiger charge is 2.16. The van der Waals surface area contributed by atoms with E-state index in [0.717, 1.165) is 24.3 Å². The number of aromatic nitrogens is 1. The van der Waals surface area contributed by atoms with Gasteiger partial charge in [0.05, 0.1) is 27.3 Å². The molecule has 0 bridgehead atoms. The molecule has 0 aliphatic heterocycles. The number of benzene rings is 1. The molecule has 7 heteroatoms. The van der Waals surface area contributed by atoms with Gasteiger partial charge >= 0.3 is 0 Å². The summed E-state index contributed by atoms with van der Waals surface area (Å²) in [5.74, 6) is 0. The molecule has 1 aliphatic carbocycles. The Labute approximate surface area is 137 Å². The third kappa shape index (κ3) is 3.48. The van der Waals surface area contributed by atoms with Crippen LogP contribution in [-0.2, 0) is 19.3 Å². The summed E-state index contributed by atoms with van der Waals surface area (Å²) >= 11 is 1.76. The molecule has 1 aromatic heterocycles. The lowest BCUT2D eigenvalue weighted by Gasteiger charge is -2.06. The normalized spacial score (nSPS) is 13.2. The van der Waals surface area contributed by atoms with Gasteiger partial charge in [-0.1, -0.05) is 0 Å².